The summed E-state index contributed by atoms with van der Waals surface area (Å²) < 4.78 is 15.1. The number of nitrogens with zero attached hydrogens (tertiary/aromatic N) is 2. The molecule has 0 radical (unpaired) electrons. The zero-order valence-corrected chi connectivity index (χ0v) is 14.9. The Hall–Kier alpha value is -2.99. The Kier molecular flexibility index (Phi) is 4.26. The summed E-state index contributed by atoms with van der Waals surface area (Å²) in [5, 5.41) is 4.73. The molecule has 1 N–H and O–H groups in total. The lowest BCUT2D eigenvalue weighted by atomic mass is 10.1. The van der Waals surface area contributed by atoms with E-state index in [0.29, 0.717) is 10.7 Å². The summed E-state index contributed by atoms with van der Waals surface area (Å²) in [6.07, 6.45) is 1.98. The van der Waals surface area contributed by atoms with Gasteiger partial charge in [0.05, 0.1) is 5.51 Å². The third-order valence-electron chi connectivity index (χ3n) is 4.24. The lowest BCUT2D eigenvalue weighted by Crippen LogP contribution is -2.18. The monoisotopic (exact) mass is 365 g/mol. The molecule has 6 heteroatoms. The minimum Gasteiger partial charge on any atom is -0.338 e. The van der Waals surface area contributed by atoms with Crippen LogP contribution in [0.2, 0.25) is 0 Å². The van der Waals surface area contributed by atoms with Gasteiger partial charge in [-0.2, -0.15) is 0 Å². The number of aryl methyl sites for hydroxylation is 1. The van der Waals surface area contributed by atoms with Gasteiger partial charge in [0.25, 0.3) is 0 Å². The van der Waals surface area contributed by atoms with Crippen LogP contribution < -0.4 is 5.32 Å². The highest BCUT2D eigenvalue weighted by Gasteiger charge is 2.14. The zero-order chi connectivity index (χ0) is 18.1. The largest absolute Gasteiger partial charge is 0.338 e. The second kappa shape index (κ2) is 6.72. The molecule has 2 aromatic heterocycles. The molecule has 0 bridgehead atoms. The third kappa shape index (κ3) is 3.11. The normalized spacial score (nSPS) is 11.0. The predicted octanol–water partition coefficient (Wildman–Crippen LogP) is 4.85. The standard InChI is InChI=1S/C20H16FN3OS/c1-13-10-24(17-5-3-2-4-16(13)17)11-18(25)23-20-19(22-12-26-20)14-6-8-15(21)9-7-14/h2-10,12H,11H2,1H3,(H,23,25). The van der Waals surface area contributed by atoms with Crippen molar-refractivity contribution in [1.29, 1.82) is 0 Å². The van der Waals surface area contributed by atoms with Crippen LogP contribution in [0.1, 0.15) is 5.56 Å². The quantitative estimate of drug-likeness (QED) is 0.562. The van der Waals surface area contributed by atoms with Crippen LogP contribution in [-0.4, -0.2) is 15.5 Å². The van der Waals surface area contributed by atoms with Gasteiger partial charge in [-0.25, -0.2) is 9.37 Å². The number of carbonyl (C=O) groups excluding carboxylic acids is 1. The van der Waals surface area contributed by atoms with Gasteiger partial charge in [-0.05, 0) is 42.8 Å². The molecule has 0 saturated carbocycles. The van der Waals surface area contributed by atoms with E-state index in [1.165, 1.54) is 23.5 Å². The molecular weight excluding hydrogens is 349 g/mol. The summed E-state index contributed by atoms with van der Waals surface area (Å²) in [4.78, 5) is 16.9. The molecule has 130 valence electrons. The van der Waals surface area contributed by atoms with Gasteiger partial charge in [0.15, 0.2) is 0 Å². The molecule has 0 aliphatic carbocycles. The van der Waals surface area contributed by atoms with E-state index in [-0.39, 0.29) is 18.3 Å². The van der Waals surface area contributed by atoms with E-state index in [0.717, 1.165) is 22.0 Å². The van der Waals surface area contributed by atoms with E-state index in [9.17, 15) is 9.18 Å². The smallest absolute Gasteiger partial charge is 0.244 e. The van der Waals surface area contributed by atoms with E-state index in [1.54, 1.807) is 17.6 Å². The number of anilines is 1. The van der Waals surface area contributed by atoms with Gasteiger partial charge in [0, 0.05) is 22.7 Å². The number of carbonyl (C=O) groups is 1. The van der Waals surface area contributed by atoms with Crippen LogP contribution in [0.15, 0.2) is 60.2 Å². The fourth-order valence-corrected chi connectivity index (χ4v) is 3.75. The first-order valence-corrected chi connectivity index (χ1v) is 9.03. The summed E-state index contributed by atoms with van der Waals surface area (Å²) in [7, 11) is 0. The first-order valence-electron chi connectivity index (χ1n) is 8.15. The van der Waals surface area contributed by atoms with Crippen LogP contribution in [0.4, 0.5) is 9.39 Å². The number of halogens is 1. The van der Waals surface area contributed by atoms with E-state index in [1.807, 2.05) is 35.9 Å². The molecule has 0 unspecified atom stereocenters. The van der Waals surface area contributed by atoms with Crippen LogP contribution in [-0.2, 0) is 11.3 Å². The maximum Gasteiger partial charge on any atom is 0.244 e. The highest BCUT2D eigenvalue weighted by Crippen LogP contribution is 2.30. The van der Waals surface area contributed by atoms with Crippen molar-refractivity contribution in [3.8, 4) is 11.3 Å². The second-order valence-corrected chi connectivity index (χ2v) is 6.90. The highest BCUT2D eigenvalue weighted by atomic mass is 32.1. The minimum atomic E-state index is -0.301. The van der Waals surface area contributed by atoms with E-state index in [2.05, 4.69) is 16.4 Å². The van der Waals surface area contributed by atoms with Gasteiger partial charge in [-0.15, -0.1) is 11.3 Å². The van der Waals surface area contributed by atoms with Crippen LogP contribution in [0.25, 0.3) is 22.2 Å². The molecule has 0 aliphatic heterocycles. The number of rotatable bonds is 4. The van der Waals surface area contributed by atoms with Crippen molar-refractivity contribution in [3.05, 3.63) is 71.6 Å². The van der Waals surface area contributed by atoms with Crippen LogP contribution >= 0.6 is 11.3 Å². The number of hydrogen-bond donors (Lipinski definition) is 1. The van der Waals surface area contributed by atoms with Gasteiger partial charge < -0.3 is 9.88 Å². The lowest BCUT2D eigenvalue weighted by Gasteiger charge is -2.07. The van der Waals surface area contributed by atoms with Crippen LogP contribution in [0, 0.1) is 12.7 Å². The molecular formula is C20H16FN3OS. The molecule has 0 atom stereocenters. The summed E-state index contributed by atoms with van der Waals surface area (Å²) in [6.45, 7) is 2.25. The Morgan fingerprint density at radius 3 is 2.77 bits per heavy atom. The number of fused-ring (bicyclic) bond motifs is 1. The number of para-hydroxylation sites is 1. The van der Waals surface area contributed by atoms with Gasteiger partial charge in [0.1, 0.15) is 23.1 Å². The molecule has 2 aromatic carbocycles. The average Bonchev–Trinajstić information content (AvgIpc) is 3.21. The summed E-state index contributed by atoms with van der Waals surface area (Å²) >= 11 is 1.35. The van der Waals surface area contributed by atoms with Gasteiger partial charge in [0.2, 0.25) is 5.91 Å². The third-order valence-corrected chi connectivity index (χ3v) is 4.98. The molecule has 1 amide bonds. The minimum absolute atomic E-state index is 0.127. The van der Waals surface area contributed by atoms with Crippen molar-refractivity contribution in [3.63, 3.8) is 0 Å². The number of benzene rings is 2. The Balaban J connectivity index is 1.56. The summed E-state index contributed by atoms with van der Waals surface area (Å²) in [5.74, 6) is -0.428. The number of thiazole rings is 1. The summed E-state index contributed by atoms with van der Waals surface area (Å²) in [5.41, 5.74) is 5.26. The molecule has 0 aliphatic rings. The Bertz CT molecular complexity index is 1080. The first-order chi connectivity index (χ1) is 12.6. The van der Waals surface area contributed by atoms with Crippen molar-refractivity contribution in [1.82, 2.24) is 9.55 Å². The molecule has 0 spiro atoms. The van der Waals surface area contributed by atoms with Crippen molar-refractivity contribution >= 4 is 33.1 Å². The fourth-order valence-electron chi connectivity index (χ4n) is 3.03. The second-order valence-electron chi connectivity index (χ2n) is 6.04. The number of aromatic nitrogens is 2. The number of nitrogens with one attached hydrogen (secondary N) is 1. The fraction of sp³-hybridized carbons (Fsp3) is 0.100. The molecule has 26 heavy (non-hydrogen) atoms. The van der Waals surface area contributed by atoms with Gasteiger partial charge in [-0.1, -0.05) is 18.2 Å². The van der Waals surface area contributed by atoms with E-state index >= 15 is 0 Å². The Morgan fingerprint density at radius 2 is 1.96 bits per heavy atom. The number of amides is 1. The lowest BCUT2D eigenvalue weighted by molar-refractivity contribution is -0.116. The van der Waals surface area contributed by atoms with Gasteiger partial charge in [-0.3, -0.25) is 4.79 Å². The first kappa shape index (κ1) is 16.5. The van der Waals surface area contributed by atoms with Crippen molar-refractivity contribution in [2.75, 3.05) is 5.32 Å². The molecule has 4 aromatic rings. The summed E-state index contributed by atoms with van der Waals surface area (Å²) in [6, 6.07) is 14.1. The van der Waals surface area contributed by atoms with Crippen LogP contribution in [0.3, 0.4) is 0 Å². The molecule has 0 saturated heterocycles. The van der Waals surface area contributed by atoms with Crippen molar-refractivity contribution in [2.24, 2.45) is 0 Å². The van der Waals surface area contributed by atoms with Crippen molar-refractivity contribution in [2.45, 2.75) is 13.5 Å². The van der Waals surface area contributed by atoms with Gasteiger partial charge >= 0.3 is 0 Å². The van der Waals surface area contributed by atoms with E-state index in [4.69, 9.17) is 0 Å². The molecule has 0 fully saturated rings. The zero-order valence-electron chi connectivity index (χ0n) is 14.1. The average molecular weight is 365 g/mol. The molecule has 4 nitrogen and oxygen atoms in total. The predicted molar refractivity (Wildman–Crippen MR) is 103 cm³/mol. The van der Waals surface area contributed by atoms with Crippen LogP contribution in [0.5, 0.6) is 0 Å². The van der Waals surface area contributed by atoms with E-state index < -0.39 is 0 Å². The Labute approximate surface area is 153 Å². The maximum absolute atomic E-state index is 13.1. The molecule has 2 heterocycles. The molecule has 4 rings (SSSR count). The Morgan fingerprint density at radius 1 is 1.19 bits per heavy atom. The van der Waals surface area contributed by atoms with Crippen molar-refractivity contribution < 1.29 is 9.18 Å². The highest BCUT2D eigenvalue weighted by molar-refractivity contribution is 7.14. The number of hydrogen-bond acceptors (Lipinski definition) is 3. The topological polar surface area (TPSA) is 46.9 Å². The SMILES string of the molecule is Cc1cn(CC(=O)Nc2scnc2-c2ccc(F)cc2)c2ccccc12. The maximum atomic E-state index is 13.1.